The molecule has 3 heterocycles. The minimum atomic E-state index is -2.62. The molecule has 28 atom stereocenters. The van der Waals surface area contributed by atoms with Crippen molar-refractivity contribution in [2.75, 3.05) is 0 Å². The number of aliphatic hydroxyl groups excluding tert-OH is 21. The van der Waals surface area contributed by atoms with Gasteiger partial charge in [-0.05, 0) is 115 Å². The summed E-state index contributed by atoms with van der Waals surface area (Å²) in [7, 11) is 0. The molecule has 506 valence electrons. The first-order chi connectivity index (χ1) is 40.5. The largest absolute Gasteiger partial charge is 0.393 e. The van der Waals surface area contributed by atoms with Crippen molar-refractivity contribution in [3.8, 4) is 0 Å². The van der Waals surface area contributed by atoms with Crippen LogP contribution in [0.1, 0.15) is 181 Å². The quantitative estimate of drug-likeness (QED) is 0.0256. The van der Waals surface area contributed by atoms with Crippen molar-refractivity contribution in [3.63, 3.8) is 0 Å². The van der Waals surface area contributed by atoms with Crippen LogP contribution in [0.25, 0.3) is 0 Å². The summed E-state index contributed by atoms with van der Waals surface area (Å²) in [6, 6.07) is 0. The number of allylic oxidation sites excluding steroid dienone is 2. The van der Waals surface area contributed by atoms with Gasteiger partial charge >= 0.3 is 0 Å². The zero-order valence-corrected chi connectivity index (χ0v) is 50.8. The highest BCUT2D eigenvalue weighted by Crippen LogP contribution is 2.32. The van der Waals surface area contributed by atoms with Gasteiger partial charge in [0.15, 0.2) is 0 Å². The molecule has 0 amide bonds. The predicted molar refractivity (Wildman–Crippen MR) is 315 cm³/mol. The average Bonchev–Trinajstić information content (AvgIpc) is 3.97. The fourth-order valence-corrected chi connectivity index (χ4v) is 12.3. The number of aliphatic hydroxyl groups is 21. The second-order valence-electron chi connectivity index (χ2n) is 25.5. The van der Waals surface area contributed by atoms with Gasteiger partial charge in [0.2, 0.25) is 0 Å². The van der Waals surface area contributed by atoms with Crippen LogP contribution >= 0.6 is 0 Å². The molecule has 86 heavy (non-hydrogen) atoms. The van der Waals surface area contributed by atoms with Crippen LogP contribution in [0.3, 0.4) is 0 Å². The van der Waals surface area contributed by atoms with Crippen LogP contribution in [0.4, 0.5) is 0 Å². The molecule has 24 nitrogen and oxygen atoms in total. The first-order valence-corrected chi connectivity index (χ1v) is 31.7. The van der Waals surface area contributed by atoms with Crippen LogP contribution in [0.2, 0.25) is 0 Å². The van der Waals surface area contributed by atoms with Gasteiger partial charge in [-0.2, -0.15) is 0 Å². The Balaban J connectivity index is 1.35. The van der Waals surface area contributed by atoms with Gasteiger partial charge in [0, 0.05) is 19.3 Å². The van der Waals surface area contributed by atoms with Crippen LogP contribution in [0.5, 0.6) is 0 Å². The van der Waals surface area contributed by atoms with Crippen LogP contribution < -0.4 is 0 Å². The molecule has 24 heteroatoms. The lowest BCUT2D eigenvalue weighted by atomic mass is 9.88. The number of unbranched alkanes of at least 4 members (excludes halogenated alkanes) is 5. The lowest BCUT2D eigenvalue weighted by Gasteiger charge is -2.36. The Morgan fingerprint density at radius 3 is 1.41 bits per heavy atom. The first-order valence-electron chi connectivity index (χ1n) is 31.7. The molecule has 3 rings (SSSR count). The molecule has 0 aromatic rings. The molecule has 0 aromatic heterocycles. The molecule has 0 saturated carbocycles. The van der Waals surface area contributed by atoms with E-state index < -0.39 is 172 Å². The Kier molecular flexibility index (Phi) is 37.4. The summed E-state index contributed by atoms with van der Waals surface area (Å²) in [5, 5.41) is 223. The van der Waals surface area contributed by atoms with E-state index in [1.165, 1.54) is 6.42 Å². The lowest BCUT2D eigenvalue weighted by Crippen LogP contribution is -2.59. The van der Waals surface area contributed by atoms with E-state index in [-0.39, 0.29) is 76.4 Å². The summed E-state index contributed by atoms with van der Waals surface area (Å²) in [6.07, 6.45) is -23.5. The maximum absolute atomic E-state index is 10.8. The van der Waals surface area contributed by atoms with E-state index >= 15 is 0 Å². The van der Waals surface area contributed by atoms with Crippen LogP contribution in [-0.2, 0) is 14.2 Å². The SMILES string of the molecule is C=CCC(C)CCCC/C=C/C(O)CCCCCC[C@@H]1C[C@@H](O)C[C@@H](CC(O)CC(O)CC(O)C(O)C(O)C(O)C(O)C(O)C(O)C(O)C(O)C(O)C(O)CC(O)CC(O)C[C@@H]2C[C@H](O)C[C@@H](CC(O)CC(=C)CC(O)[C@@H]3C[C@@H](O)[C@H](CC)O3)O2)O1. The fourth-order valence-electron chi connectivity index (χ4n) is 12.3. The van der Waals surface area contributed by atoms with Gasteiger partial charge < -0.3 is 121 Å². The van der Waals surface area contributed by atoms with Crippen LogP contribution in [-0.4, -0.2) is 272 Å². The highest BCUT2D eigenvalue weighted by atomic mass is 16.5. The van der Waals surface area contributed by atoms with E-state index in [0.717, 1.165) is 51.4 Å². The van der Waals surface area contributed by atoms with E-state index in [9.17, 15) is 107 Å². The van der Waals surface area contributed by atoms with Gasteiger partial charge in [-0.15, -0.1) is 6.58 Å². The Morgan fingerprint density at radius 1 is 0.488 bits per heavy atom. The molecule has 21 N–H and O–H groups in total. The van der Waals surface area contributed by atoms with Crippen molar-refractivity contribution in [2.45, 2.75) is 346 Å². The smallest absolute Gasteiger partial charge is 0.111 e. The Labute approximate surface area is 508 Å². The molecule has 0 aliphatic carbocycles. The highest BCUT2D eigenvalue weighted by Gasteiger charge is 2.45. The maximum atomic E-state index is 10.8. The molecule has 3 aliphatic rings. The first kappa shape index (κ1) is 78.5. The second kappa shape index (κ2) is 41.0. The third-order valence-corrected chi connectivity index (χ3v) is 17.3. The van der Waals surface area contributed by atoms with E-state index in [0.29, 0.717) is 37.2 Å². The maximum Gasteiger partial charge on any atom is 0.111 e. The van der Waals surface area contributed by atoms with Crippen LogP contribution in [0, 0.1) is 5.92 Å². The van der Waals surface area contributed by atoms with Crippen molar-refractivity contribution in [1.82, 2.24) is 0 Å². The lowest BCUT2D eigenvalue weighted by molar-refractivity contribution is -0.196. The molecule has 19 unspecified atom stereocenters. The van der Waals surface area contributed by atoms with Crippen molar-refractivity contribution in [3.05, 3.63) is 37.0 Å². The van der Waals surface area contributed by atoms with Crippen molar-refractivity contribution >= 4 is 0 Å². The zero-order valence-electron chi connectivity index (χ0n) is 50.8. The Morgan fingerprint density at radius 2 is 0.930 bits per heavy atom. The summed E-state index contributed by atoms with van der Waals surface area (Å²) in [4.78, 5) is 0. The molecule has 0 aromatic carbocycles. The van der Waals surface area contributed by atoms with E-state index in [1.807, 2.05) is 19.1 Å². The molecule has 3 fully saturated rings. The van der Waals surface area contributed by atoms with E-state index in [2.05, 4.69) is 26.2 Å². The van der Waals surface area contributed by atoms with Crippen molar-refractivity contribution in [1.29, 1.82) is 0 Å². The fraction of sp³-hybridized carbons (Fsp3) is 0.903. The number of rotatable bonds is 45. The van der Waals surface area contributed by atoms with Gasteiger partial charge in [0.1, 0.15) is 54.9 Å². The van der Waals surface area contributed by atoms with E-state index in [4.69, 9.17) is 14.2 Å². The zero-order chi connectivity index (χ0) is 64.4. The number of hydrogen-bond donors (Lipinski definition) is 21. The summed E-state index contributed by atoms with van der Waals surface area (Å²) >= 11 is 0. The van der Waals surface area contributed by atoms with Crippen molar-refractivity contribution in [2.24, 2.45) is 5.92 Å². The van der Waals surface area contributed by atoms with Gasteiger partial charge in [-0.3, -0.25) is 0 Å². The normalized spacial score (nSPS) is 29.9. The third kappa shape index (κ3) is 28.8. The second-order valence-corrected chi connectivity index (χ2v) is 25.5. The molecular formula is C62H114O24. The highest BCUT2D eigenvalue weighted by molar-refractivity contribution is 5.02. The Hall–Kier alpha value is -1.74. The van der Waals surface area contributed by atoms with Gasteiger partial charge in [-0.25, -0.2) is 0 Å². The molecule has 3 aliphatic heterocycles. The van der Waals surface area contributed by atoms with Gasteiger partial charge in [0.05, 0.1) is 110 Å². The standard InChI is InChI=1S/C62H114O24/c1-5-15-34(3)16-11-7-8-12-17-36(63)18-13-9-10-14-19-44-24-42(69)28-45(84-44)26-38(65)22-40(67)31-50(73)54(75)56(77)58(79)60(81)62(83)61(82)59(80)57(78)55(76)51(74)32-41(68)23-39(66)27-47-30-43(70)29-46(85-47)25-37(64)20-35(4)21-48(71)53-33-49(72)52(6-2)86-53/h5,12,17,34,36-83H,1,4,6-11,13-16,18-33H2,2-3H3/b17-12+/t34?,36?,37?,38?,39?,40?,41?,42-,43-,44-,45-,46-,47-,48?,49-,50?,51?,52+,53+,54?,55?,56?,57?,58?,59?,60?,61?,62?/m1/s1. The summed E-state index contributed by atoms with van der Waals surface area (Å²) in [5.74, 6) is 0.642. The minimum Gasteiger partial charge on any atom is -0.393 e. The van der Waals surface area contributed by atoms with Gasteiger partial charge in [-0.1, -0.05) is 82.8 Å². The summed E-state index contributed by atoms with van der Waals surface area (Å²) in [6.45, 7) is 11.8. The number of hydrogen-bond acceptors (Lipinski definition) is 24. The molecule has 0 bridgehead atoms. The average molecular weight is 1240 g/mol. The van der Waals surface area contributed by atoms with Crippen LogP contribution in [0.15, 0.2) is 37.0 Å². The van der Waals surface area contributed by atoms with Gasteiger partial charge in [0.25, 0.3) is 0 Å². The number of ether oxygens (including phenoxy) is 3. The molecular weight excluding hydrogens is 1130 g/mol. The topological polar surface area (TPSA) is 453 Å². The molecule has 0 radical (unpaired) electrons. The molecule has 0 spiro atoms. The van der Waals surface area contributed by atoms with E-state index in [1.54, 1.807) is 0 Å². The van der Waals surface area contributed by atoms with Crippen molar-refractivity contribution < 1.29 is 121 Å². The monoisotopic (exact) mass is 1240 g/mol. The summed E-state index contributed by atoms with van der Waals surface area (Å²) < 4.78 is 17.9. The molecule has 3 saturated heterocycles. The Bertz CT molecular complexity index is 1840. The predicted octanol–water partition coefficient (Wildman–Crippen LogP) is -1.04. The minimum absolute atomic E-state index is 0.0268. The summed E-state index contributed by atoms with van der Waals surface area (Å²) in [5.41, 5.74) is 0.547. The third-order valence-electron chi connectivity index (χ3n) is 17.3.